The quantitative estimate of drug-likeness (QED) is 0.795. The molecule has 1 rings (SSSR count). The number of nitrogens with two attached hydrogens (primary N) is 1. The second-order valence-corrected chi connectivity index (χ2v) is 4.42. The first-order valence-corrected chi connectivity index (χ1v) is 5.62. The molecule has 0 saturated carbocycles. The van der Waals surface area contributed by atoms with Crippen molar-refractivity contribution in [2.45, 2.75) is 32.9 Å². The number of nitrogens with one attached hydrogen (secondary N) is 1. The SMILES string of the molecule is CC(C)[C@H](N[C@H](C)c1ccccc1)C(N)=O. The van der Waals surface area contributed by atoms with Crippen LogP contribution in [0, 0.1) is 5.92 Å². The maximum absolute atomic E-state index is 11.3. The molecule has 0 radical (unpaired) electrons. The first-order chi connectivity index (χ1) is 7.52. The minimum atomic E-state index is -0.294. The van der Waals surface area contributed by atoms with E-state index in [9.17, 15) is 4.79 Å². The molecule has 0 unspecified atom stereocenters. The largest absolute Gasteiger partial charge is 0.368 e. The van der Waals surface area contributed by atoms with Crippen molar-refractivity contribution in [2.75, 3.05) is 0 Å². The van der Waals surface area contributed by atoms with Crippen molar-refractivity contribution in [3.63, 3.8) is 0 Å². The summed E-state index contributed by atoms with van der Waals surface area (Å²) in [4.78, 5) is 11.3. The Morgan fingerprint density at radius 2 is 1.75 bits per heavy atom. The molecule has 0 aliphatic carbocycles. The Morgan fingerprint density at radius 1 is 1.19 bits per heavy atom. The van der Waals surface area contributed by atoms with Gasteiger partial charge >= 0.3 is 0 Å². The first kappa shape index (κ1) is 12.7. The average molecular weight is 220 g/mol. The van der Waals surface area contributed by atoms with Crippen LogP contribution in [0.2, 0.25) is 0 Å². The number of rotatable bonds is 5. The van der Waals surface area contributed by atoms with Crippen molar-refractivity contribution in [1.82, 2.24) is 5.32 Å². The Hall–Kier alpha value is -1.35. The van der Waals surface area contributed by atoms with Crippen LogP contribution in [0.5, 0.6) is 0 Å². The average Bonchev–Trinajstić information content (AvgIpc) is 2.25. The number of primary amides is 1. The van der Waals surface area contributed by atoms with Crippen LogP contribution >= 0.6 is 0 Å². The van der Waals surface area contributed by atoms with Crippen LogP contribution in [0.3, 0.4) is 0 Å². The summed E-state index contributed by atoms with van der Waals surface area (Å²) >= 11 is 0. The summed E-state index contributed by atoms with van der Waals surface area (Å²) in [5.74, 6) is -0.0959. The van der Waals surface area contributed by atoms with E-state index in [1.807, 2.05) is 51.1 Å². The van der Waals surface area contributed by atoms with E-state index in [0.717, 1.165) is 5.56 Å². The number of carbonyl (C=O) groups is 1. The van der Waals surface area contributed by atoms with Gasteiger partial charge in [0.15, 0.2) is 0 Å². The summed E-state index contributed by atoms with van der Waals surface area (Å²) in [6, 6.07) is 9.87. The Bertz CT molecular complexity index is 335. The van der Waals surface area contributed by atoms with E-state index in [-0.39, 0.29) is 23.9 Å². The number of hydrogen-bond donors (Lipinski definition) is 2. The van der Waals surface area contributed by atoms with Gasteiger partial charge in [0, 0.05) is 6.04 Å². The fourth-order valence-electron chi connectivity index (χ4n) is 1.71. The van der Waals surface area contributed by atoms with Crippen LogP contribution in [0.25, 0.3) is 0 Å². The standard InChI is InChI=1S/C13H20N2O/c1-9(2)12(13(14)16)15-10(3)11-7-5-4-6-8-11/h4-10,12,15H,1-3H3,(H2,14,16)/t10-,12+/m1/s1. The summed E-state index contributed by atoms with van der Waals surface area (Å²) in [6.07, 6.45) is 0. The Labute approximate surface area is 97.0 Å². The van der Waals surface area contributed by atoms with Crippen LogP contribution in [0.4, 0.5) is 0 Å². The van der Waals surface area contributed by atoms with Gasteiger partial charge in [-0.2, -0.15) is 0 Å². The Kier molecular flexibility index (Phi) is 4.50. The van der Waals surface area contributed by atoms with E-state index in [1.54, 1.807) is 0 Å². The number of hydrogen-bond acceptors (Lipinski definition) is 2. The second kappa shape index (κ2) is 5.66. The van der Waals surface area contributed by atoms with Crippen molar-refractivity contribution in [1.29, 1.82) is 0 Å². The zero-order chi connectivity index (χ0) is 12.1. The van der Waals surface area contributed by atoms with E-state index in [4.69, 9.17) is 5.73 Å². The molecule has 0 saturated heterocycles. The fourth-order valence-corrected chi connectivity index (χ4v) is 1.71. The lowest BCUT2D eigenvalue weighted by atomic mass is 10.0. The van der Waals surface area contributed by atoms with E-state index < -0.39 is 0 Å². The molecule has 1 amide bonds. The van der Waals surface area contributed by atoms with Crippen molar-refractivity contribution < 1.29 is 4.79 Å². The van der Waals surface area contributed by atoms with Crippen molar-refractivity contribution >= 4 is 5.91 Å². The fraction of sp³-hybridized carbons (Fsp3) is 0.462. The highest BCUT2D eigenvalue weighted by Crippen LogP contribution is 2.14. The normalized spacial score (nSPS) is 14.8. The molecular formula is C13H20N2O. The number of benzene rings is 1. The maximum atomic E-state index is 11.3. The molecule has 3 nitrogen and oxygen atoms in total. The number of carbonyl (C=O) groups excluding carboxylic acids is 1. The molecule has 0 aliphatic heterocycles. The van der Waals surface area contributed by atoms with Crippen LogP contribution in [-0.4, -0.2) is 11.9 Å². The van der Waals surface area contributed by atoms with Crippen LogP contribution in [-0.2, 0) is 4.79 Å². The topological polar surface area (TPSA) is 55.1 Å². The lowest BCUT2D eigenvalue weighted by Gasteiger charge is -2.24. The van der Waals surface area contributed by atoms with Crippen LogP contribution in [0.1, 0.15) is 32.4 Å². The summed E-state index contributed by atoms with van der Waals surface area (Å²) < 4.78 is 0. The molecule has 2 atom stereocenters. The van der Waals surface area contributed by atoms with Gasteiger partial charge in [0.2, 0.25) is 5.91 Å². The molecule has 0 aromatic heterocycles. The monoisotopic (exact) mass is 220 g/mol. The molecule has 0 heterocycles. The van der Waals surface area contributed by atoms with Gasteiger partial charge in [0.25, 0.3) is 0 Å². The Morgan fingerprint density at radius 3 is 2.19 bits per heavy atom. The molecule has 0 fully saturated rings. The molecule has 1 aromatic carbocycles. The highest BCUT2D eigenvalue weighted by molar-refractivity contribution is 5.80. The lowest BCUT2D eigenvalue weighted by molar-refractivity contribution is -0.121. The first-order valence-electron chi connectivity index (χ1n) is 5.62. The zero-order valence-corrected chi connectivity index (χ0v) is 10.1. The van der Waals surface area contributed by atoms with Gasteiger partial charge in [-0.25, -0.2) is 0 Å². The molecular weight excluding hydrogens is 200 g/mol. The third-order valence-electron chi connectivity index (χ3n) is 2.70. The Balaban J connectivity index is 2.69. The van der Waals surface area contributed by atoms with Gasteiger partial charge in [0.1, 0.15) is 0 Å². The van der Waals surface area contributed by atoms with Crippen LogP contribution in [0.15, 0.2) is 30.3 Å². The third kappa shape index (κ3) is 3.35. The van der Waals surface area contributed by atoms with E-state index >= 15 is 0 Å². The van der Waals surface area contributed by atoms with Gasteiger partial charge in [-0.1, -0.05) is 44.2 Å². The highest BCUT2D eigenvalue weighted by Gasteiger charge is 2.21. The molecule has 3 N–H and O–H groups in total. The van der Waals surface area contributed by atoms with Crippen molar-refractivity contribution in [3.8, 4) is 0 Å². The molecule has 1 aromatic rings. The minimum Gasteiger partial charge on any atom is -0.368 e. The smallest absolute Gasteiger partial charge is 0.234 e. The number of amides is 1. The molecule has 0 aliphatic rings. The van der Waals surface area contributed by atoms with Gasteiger partial charge in [0.05, 0.1) is 6.04 Å². The van der Waals surface area contributed by atoms with Gasteiger partial charge in [-0.15, -0.1) is 0 Å². The summed E-state index contributed by atoms with van der Waals surface area (Å²) in [7, 11) is 0. The van der Waals surface area contributed by atoms with Crippen molar-refractivity contribution in [3.05, 3.63) is 35.9 Å². The summed E-state index contributed by atoms with van der Waals surface area (Å²) in [5.41, 5.74) is 6.52. The lowest BCUT2D eigenvalue weighted by Crippen LogP contribution is -2.45. The molecule has 0 spiro atoms. The van der Waals surface area contributed by atoms with E-state index in [1.165, 1.54) is 0 Å². The van der Waals surface area contributed by atoms with Gasteiger partial charge in [-0.3, -0.25) is 10.1 Å². The van der Waals surface area contributed by atoms with Gasteiger partial charge in [-0.05, 0) is 18.4 Å². The zero-order valence-electron chi connectivity index (χ0n) is 10.1. The minimum absolute atomic E-state index is 0.126. The molecule has 0 bridgehead atoms. The highest BCUT2D eigenvalue weighted by atomic mass is 16.1. The van der Waals surface area contributed by atoms with Gasteiger partial charge < -0.3 is 5.73 Å². The second-order valence-electron chi connectivity index (χ2n) is 4.42. The van der Waals surface area contributed by atoms with E-state index in [2.05, 4.69) is 5.32 Å². The van der Waals surface area contributed by atoms with Crippen LogP contribution < -0.4 is 11.1 Å². The predicted molar refractivity (Wildman–Crippen MR) is 65.8 cm³/mol. The van der Waals surface area contributed by atoms with E-state index in [0.29, 0.717) is 0 Å². The maximum Gasteiger partial charge on any atom is 0.234 e. The third-order valence-corrected chi connectivity index (χ3v) is 2.70. The summed E-state index contributed by atoms with van der Waals surface area (Å²) in [5, 5.41) is 3.26. The summed E-state index contributed by atoms with van der Waals surface area (Å²) in [6.45, 7) is 6.01. The molecule has 3 heteroatoms. The molecule has 16 heavy (non-hydrogen) atoms. The molecule has 88 valence electrons. The van der Waals surface area contributed by atoms with Crippen molar-refractivity contribution in [2.24, 2.45) is 11.7 Å². The predicted octanol–water partition coefficient (Wildman–Crippen LogP) is 1.85.